The molecule has 1 heterocycles. The Kier molecular flexibility index (Phi) is 4.88. The number of carbonyl (C=O) groups is 1. The average Bonchev–Trinajstić information content (AvgIpc) is 2.43. The van der Waals surface area contributed by atoms with Crippen molar-refractivity contribution in [2.45, 2.75) is 20.4 Å². The quantitative estimate of drug-likeness (QED) is 0.942. The molecule has 0 saturated heterocycles. The minimum absolute atomic E-state index is 0.0665. The highest BCUT2D eigenvalue weighted by atomic mass is 35.5. The average molecular weight is 321 g/mol. The van der Waals surface area contributed by atoms with Gasteiger partial charge in [0.25, 0.3) is 0 Å². The molecule has 5 nitrogen and oxygen atoms in total. The molecule has 0 aliphatic rings. The van der Waals surface area contributed by atoms with Gasteiger partial charge in [-0.3, -0.25) is 9.59 Å². The Hall–Kier alpha value is -2.27. The number of amides is 1. The lowest BCUT2D eigenvalue weighted by molar-refractivity contribution is -0.116. The molecular formula is C16H17ClN2O3. The van der Waals surface area contributed by atoms with Crippen LogP contribution in [-0.2, 0) is 11.3 Å². The van der Waals surface area contributed by atoms with Gasteiger partial charge in [0.1, 0.15) is 12.3 Å². The number of rotatable bonds is 4. The molecule has 0 unspecified atom stereocenters. The van der Waals surface area contributed by atoms with Gasteiger partial charge in [-0.25, -0.2) is 0 Å². The second-order valence-electron chi connectivity index (χ2n) is 4.95. The Balaban J connectivity index is 2.21. The Labute approximate surface area is 133 Å². The smallest absolute Gasteiger partial charge is 0.244 e. The maximum absolute atomic E-state index is 12.2. The van der Waals surface area contributed by atoms with Gasteiger partial charge in [0.15, 0.2) is 5.43 Å². The molecule has 2 rings (SSSR count). The number of hydrogen-bond acceptors (Lipinski definition) is 3. The van der Waals surface area contributed by atoms with Gasteiger partial charge in [0.2, 0.25) is 5.91 Å². The number of pyridine rings is 1. The van der Waals surface area contributed by atoms with Crippen LogP contribution in [0.5, 0.6) is 5.75 Å². The monoisotopic (exact) mass is 320 g/mol. The van der Waals surface area contributed by atoms with E-state index in [2.05, 4.69) is 5.32 Å². The highest BCUT2D eigenvalue weighted by molar-refractivity contribution is 6.31. The lowest BCUT2D eigenvalue weighted by atomic mass is 10.2. The predicted molar refractivity (Wildman–Crippen MR) is 86.8 cm³/mol. The van der Waals surface area contributed by atoms with Crippen molar-refractivity contribution in [1.82, 2.24) is 4.57 Å². The highest BCUT2D eigenvalue weighted by Gasteiger charge is 2.11. The molecule has 2 aromatic rings. The standard InChI is InChI=1S/C16H17ClN2O3/c1-10-6-13(20)7-11(2)19(10)9-16(21)18-14-8-12(17)4-5-15(14)22-3/h4-8H,9H2,1-3H3,(H,18,21). The van der Waals surface area contributed by atoms with E-state index in [-0.39, 0.29) is 17.9 Å². The first-order valence-electron chi connectivity index (χ1n) is 6.72. The fourth-order valence-corrected chi connectivity index (χ4v) is 2.42. The molecule has 1 aromatic carbocycles. The number of nitrogens with one attached hydrogen (secondary N) is 1. The van der Waals surface area contributed by atoms with E-state index in [1.807, 2.05) is 0 Å². The van der Waals surface area contributed by atoms with Gasteiger partial charge in [-0.15, -0.1) is 0 Å². The summed E-state index contributed by atoms with van der Waals surface area (Å²) in [5.41, 5.74) is 1.91. The third-order valence-electron chi connectivity index (χ3n) is 3.29. The van der Waals surface area contributed by atoms with Gasteiger partial charge >= 0.3 is 0 Å². The van der Waals surface area contributed by atoms with Gasteiger partial charge in [0, 0.05) is 28.5 Å². The highest BCUT2D eigenvalue weighted by Crippen LogP contribution is 2.27. The Morgan fingerprint density at radius 1 is 1.23 bits per heavy atom. The van der Waals surface area contributed by atoms with E-state index in [9.17, 15) is 9.59 Å². The second kappa shape index (κ2) is 6.66. The third kappa shape index (κ3) is 3.68. The normalized spacial score (nSPS) is 10.4. The van der Waals surface area contributed by atoms with E-state index in [0.717, 1.165) is 11.4 Å². The molecule has 1 N–H and O–H groups in total. The third-order valence-corrected chi connectivity index (χ3v) is 3.53. The molecule has 0 aliphatic heterocycles. The molecule has 0 aliphatic carbocycles. The zero-order valence-corrected chi connectivity index (χ0v) is 13.4. The first-order valence-corrected chi connectivity index (χ1v) is 7.10. The van der Waals surface area contributed by atoms with Crippen molar-refractivity contribution in [3.05, 3.63) is 57.0 Å². The first kappa shape index (κ1) is 16.1. The van der Waals surface area contributed by atoms with Crippen molar-refractivity contribution in [3.63, 3.8) is 0 Å². The van der Waals surface area contributed by atoms with Crippen LogP contribution in [-0.4, -0.2) is 17.6 Å². The van der Waals surface area contributed by atoms with Crippen LogP contribution in [0.25, 0.3) is 0 Å². The summed E-state index contributed by atoms with van der Waals surface area (Å²) in [6, 6.07) is 8.00. The maximum atomic E-state index is 12.2. The van der Waals surface area contributed by atoms with Crippen LogP contribution in [0.15, 0.2) is 35.1 Å². The molecule has 0 saturated carbocycles. The molecule has 0 radical (unpaired) electrons. The first-order chi connectivity index (χ1) is 10.4. The number of halogens is 1. The SMILES string of the molecule is COc1ccc(Cl)cc1NC(=O)Cn1c(C)cc(=O)cc1C. The van der Waals surface area contributed by atoms with Gasteiger partial charge in [-0.05, 0) is 32.0 Å². The summed E-state index contributed by atoms with van der Waals surface area (Å²) in [6.07, 6.45) is 0. The van der Waals surface area contributed by atoms with Gasteiger partial charge in [0.05, 0.1) is 12.8 Å². The largest absolute Gasteiger partial charge is 0.495 e. The van der Waals surface area contributed by atoms with E-state index in [1.54, 1.807) is 36.6 Å². The second-order valence-corrected chi connectivity index (χ2v) is 5.39. The Morgan fingerprint density at radius 3 is 2.45 bits per heavy atom. The van der Waals surface area contributed by atoms with Crippen molar-refractivity contribution in [2.24, 2.45) is 0 Å². The molecule has 116 valence electrons. The molecular weight excluding hydrogens is 304 g/mol. The zero-order chi connectivity index (χ0) is 16.3. The van der Waals surface area contributed by atoms with Crippen LogP contribution in [0.3, 0.4) is 0 Å². The number of methoxy groups -OCH3 is 1. The van der Waals surface area contributed by atoms with Crippen LogP contribution >= 0.6 is 11.6 Å². The number of aryl methyl sites for hydroxylation is 2. The van der Waals surface area contributed by atoms with Gasteiger partial charge in [-0.2, -0.15) is 0 Å². The summed E-state index contributed by atoms with van der Waals surface area (Å²) in [5.74, 6) is 0.307. The van der Waals surface area contributed by atoms with Crippen LogP contribution < -0.4 is 15.5 Å². The van der Waals surface area contributed by atoms with Crippen molar-refractivity contribution < 1.29 is 9.53 Å². The minimum Gasteiger partial charge on any atom is -0.495 e. The van der Waals surface area contributed by atoms with E-state index in [0.29, 0.717) is 16.5 Å². The number of hydrogen-bond donors (Lipinski definition) is 1. The summed E-state index contributed by atoms with van der Waals surface area (Å²) < 4.78 is 6.96. The van der Waals surface area contributed by atoms with Crippen molar-refractivity contribution >= 4 is 23.2 Å². The maximum Gasteiger partial charge on any atom is 0.244 e. The van der Waals surface area contributed by atoms with Gasteiger partial charge < -0.3 is 14.6 Å². The van der Waals surface area contributed by atoms with E-state index >= 15 is 0 Å². The number of benzene rings is 1. The fraction of sp³-hybridized carbons (Fsp3) is 0.250. The van der Waals surface area contributed by atoms with Crippen LogP contribution in [0, 0.1) is 13.8 Å². The Bertz CT molecular complexity index is 742. The van der Waals surface area contributed by atoms with E-state index in [1.165, 1.54) is 19.2 Å². The molecule has 0 fully saturated rings. The van der Waals surface area contributed by atoms with Crippen LogP contribution in [0.1, 0.15) is 11.4 Å². The predicted octanol–water partition coefficient (Wildman–Crippen LogP) is 2.77. The van der Waals surface area contributed by atoms with Gasteiger partial charge in [-0.1, -0.05) is 11.6 Å². The van der Waals surface area contributed by atoms with Crippen LogP contribution in [0.4, 0.5) is 5.69 Å². The van der Waals surface area contributed by atoms with Crippen molar-refractivity contribution in [1.29, 1.82) is 0 Å². The number of anilines is 1. The summed E-state index contributed by atoms with van der Waals surface area (Å²) in [4.78, 5) is 23.7. The molecule has 6 heteroatoms. The number of nitrogens with zero attached hydrogens (tertiary/aromatic N) is 1. The van der Waals surface area contributed by atoms with E-state index < -0.39 is 0 Å². The van der Waals surface area contributed by atoms with Crippen molar-refractivity contribution in [2.75, 3.05) is 12.4 Å². The van der Waals surface area contributed by atoms with Crippen LogP contribution in [0.2, 0.25) is 5.02 Å². The zero-order valence-electron chi connectivity index (χ0n) is 12.6. The molecule has 1 aromatic heterocycles. The van der Waals surface area contributed by atoms with E-state index in [4.69, 9.17) is 16.3 Å². The molecule has 1 amide bonds. The number of ether oxygens (including phenoxy) is 1. The molecule has 0 bridgehead atoms. The van der Waals surface area contributed by atoms with Crippen molar-refractivity contribution in [3.8, 4) is 5.75 Å². The minimum atomic E-state index is -0.226. The fourth-order valence-electron chi connectivity index (χ4n) is 2.25. The summed E-state index contributed by atoms with van der Waals surface area (Å²) >= 11 is 5.94. The number of aromatic nitrogens is 1. The summed E-state index contributed by atoms with van der Waals surface area (Å²) in [7, 11) is 1.52. The Morgan fingerprint density at radius 2 is 1.86 bits per heavy atom. The molecule has 0 atom stereocenters. The molecule has 22 heavy (non-hydrogen) atoms. The lowest BCUT2D eigenvalue weighted by Crippen LogP contribution is -2.23. The topological polar surface area (TPSA) is 60.3 Å². The summed E-state index contributed by atoms with van der Waals surface area (Å²) in [5, 5.41) is 3.28. The molecule has 0 spiro atoms. The number of carbonyl (C=O) groups excluding carboxylic acids is 1. The lowest BCUT2D eigenvalue weighted by Gasteiger charge is -2.15. The summed E-state index contributed by atoms with van der Waals surface area (Å²) in [6.45, 7) is 3.69.